The molecule has 0 aliphatic heterocycles. The standard InChI is InChI=1S/C14H19ClF3NO.ClH/c1-13(2,3)12(19)7-11(20)9-6-8(14(16,17)18)4-5-10(9)15;/h4-6,11-12,20H,7,19H2,1-3H3;1H/t11-,12+;/m0./s1. The van der Waals surface area contributed by atoms with Crippen molar-refractivity contribution in [1.29, 1.82) is 0 Å². The summed E-state index contributed by atoms with van der Waals surface area (Å²) in [5, 5.41) is 10.2. The van der Waals surface area contributed by atoms with Crippen molar-refractivity contribution in [2.45, 2.75) is 45.5 Å². The number of aliphatic hydroxyl groups excluding tert-OH is 1. The normalized spacial score (nSPS) is 15.3. The second-order valence-electron chi connectivity index (χ2n) is 5.96. The van der Waals surface area contributed by atoms with Crippen LogP contribution in [0.25, 0.3) is 0 Å². The van der Waals surface area contributed by atoms with Gasteiger partial charge in [-0.15, -0.1) is 12.4 Å². The highest BCUT2D eigenvalue weighted by molar-refractivity contribution is 6.31. The minimum absolute atomic E-state index is 0. The number of hydrogen-bond donors (Lipinski definition) is 2. The van der Waals surface area contributed by atoms with Crippen LogP contribution in [0.5, 0.6) is 0 Å². The Kier molecular flexibility index (Phi) is 7.01. The number of hydrogen-bond acceptors (Lipinski definition) is 2. The lowest BCUT2D eigenvalue weighted by Crippen LogP contribution is -2.36. The fourth-order valence-electron chi connectivity index (χ4n) is 1.70. The van der Waals surface area contributed by atoms with Crippen LogP contribution in [0.1, 0.15) is 44.4 Å². The first-order chi connectivity index (χ1) is 8.93. The number of rotatable bonds is 3. The van der Waals surface area contributed by atoms with Gasteiger partial charge < -0.3 is 10.8 Å². The lowest BCUT2D eigenvalue weighted by atomic mass is 9.83. The van der Waals surface area contributed by atoms with E-state index >= 15 is 0 Å². The van der Waals surface area contributed by atoms with Crippen LogP contribution < -0.4 is 5.73 Å². The van der Waals surface area contributed by atoms with Gasteiger partial charge in [0.1, 0.15) is 0 Å². The number of aliphatic hydroxyl groups is 1. The molecular weight excluding hydrogens is 326 g/mol. The quantitative estimate of drug-likeness (QED) is 0.842. The Bertz CT molecular complexity index is 472. The molecule has 0 radical (unpaired) electrons. The van der Waals surface area contributed by atoms with Crippen molar-refractivity contribution >= 4 is 24.0 Å². The van der Waals surface area contributed by atoms with E-state index in [1.54, 1.807) is 0 Å². The summed E-state index contributed by atoms with van der Waals surface area (Å²) in [6, 6.07) is 2.55. The van der Waals surface area contributed by atoms with Crippen molar-refractivity contribution in [3.63, 3.8) is 0 Å². The molecule has 2 atom stereocenters. The molecule has 0 heterocycles. The number of nitrogens with two attached hydrogens (primary N) is 1. The van der Waals surface area contributed by atoms with E-state index in [-0.39, 0.29) is 40.9 Å². The van der Waals surface area contributed by atoms with E-state index in [2.05, 4.69) is 0 Å². The summed E-state index contributed by atoms with van der Waals surface area (Å²) in [5.41, 5.74) is 4.91. The van der Waals surface area contributed by atoms with Crippen LogP contribution in [0.4, 0.5) is 13.2 Å². The Balaban J connectivity index is 0.00000400. The fraction of sp³-hybridized carbons (Fsp3) is 0.571. The monoisotopic (exact) mass is 345 g/mol. The minimum Gasteiger partial charge on any atom is -0.388 e. The van der Waals surface area contributed by atoms with Crippen LogP contribution in [-0.4, -0.2) is 11.1 Å². The Hall–Kier alpha value is -0.490. The molecule has 0 saturated carbocycles. The summed E-state index contributed by atoms with van der Waals surface area (Å²) in [6.07, 6.45) is -5.45. The molecule has 21 heavy (non-hydrogen) atoms. The van der Waals surface area contributed by atoms with Crippen molar-refractivity contribution in [3.8, 4) is 0 Å². The van der Waals surface area contributed by atoms with Crippen LogP contribution in [0.15, 0.2) is 18.2 Å². The zero-order valence-corrected chi connectivity index (χ0v) is 13.6. The average Bonchev–Trinajstić information content (AvgIpc) is 2.26. The molecule has 0 amide bonds. The molecule has 0 aliphatic rings. The lowest BCUT2D eigenvalue weighted by Gasteiger charge is -2.29. The second kappa shape index (κ2) is 7.18. The van der Waals surface area contributed by atoms with Crippen molar-refractivity contribution in [2.75, 3.05) is 0 Å². The number of benzene rings is 1. The van der Waals surface area contributed by atoms with Gasteiger partial charge in [0, 0.05) is 11.1 Å². The van der Waals surface area contributed by atoms with Crippen molar-refractivity contribution in [3.05, 3.63) is 34.3 Å². The molecule has 0 fully saturated rings. The Morgan fingerprint density at radius 3 is 2.19 bits per heavy atom. The molecule has 0 saturated heterocycles. The third-order valence-electron chi connectivity index (χ3n) is 3.27. The van der Waals surface area contributed by atoms with Crippen LogP contribution in [-0.2, 0) is 6.18 Å². The molecule has 0 aliphatic carbocycles. The smallest absolute Gasteiger partial charge is 0.388 e. The third-order valence-corrected chi connectivity index (χ3v) is 3.62. The maximum Gasteiger partial charge on any atom is 0.416 e. The van der Waals surface area contributed by atoms with Crippen LogP contribution in [0, 0.1) is 5.41 Å². The molecule has 0 unspecified atom stereocenters. The van der Waals surface area contributed by atoms with E-state index < -0.39 is 17.8 Å². The second-order valence-corrected chi connectivity index (χ2v) is 6.37. The van der Waals surface area contributed by atoms with Crippen molar-refractivity contribution in [1.82, 2.24) is 0 Å². The minimum atomic E-state index is -4.47. The maximum atomic E-state index is 12.7. The van der Waals surface area contributed by atoms with Gasteiger partial charge in [-0.3, -0.25) is 0 Å². The lowest BCUT2D eigenvalue weighted by molar-refractivity contribution is -0.137. The topological polar surface area (TPSA) is 46.2 Å². The van der Waals surface area contributed by atoms with Gasteiger partial charge in [-0.25, -0.2) is 0 Å². The highest BCUT2D eigenvalue weighted by atomic mass is 35.5. The largest absolute Gasteiger partial charge is 0.416 e. The summed E-state index contributed by atoms with van der Waals surface area (Å²) in [5.74, 6) is 0. The van der Waals surface area contributed by atoms with E-state index in [0.717, 1.165) is 18.2 Å². The SMILES string of the molecule is CC(C)(C)[C@H](N)C[C@H](O)c1cc(C(F)(F)F)ccc1Cl.Cl. The van der Waals surface area contributed by atoms with Crippen molar-refractivity contribution in [2.24, 2.45) is 11.1 Å². The molecule has 7 heteroatoms. The van der Waals surface area contributed by atoms with E-state index in [1.165, 1.54) is 0 Å². The predicted molar refractivity (Wildman–Crippen MR) is 80.7 cm³/mol. The Morgan fingerprint density at radius 1 is 1.24 bits per heavy atom. The van der Waals surface area contributed by atoms with E-state index in [0.29, 0.717) is 0 Å². The van der Waals surface area contributed by atoms with Crippen LogP contribution in [0.3, 0.4) is 0 Å². The molecule has 1 aromatic rings. The van der Waals surface area contributed by atoms with Gasteiger partial charge in [0.05, 0.1) is 11.7 Å². The molecule has 3 N–H and O–H groups in total. The molecule has 1 rings (SSSR count). The van der Waals surface area contributed by atoms with Gasteiger partial charge in [0.2, 0.25) is 0 Å². The van der Waals surface area contributed by atoms with Crippen LogP contribution in [0.2, 0.25) is 5.02 Å². The summed E-state index contributed by atoms with van der Waals surface area (Å²) in [4.78, 5) is 0. The predicted octanol–water partition coefficient (Wildman–Crippen LogP) is 4.58. The third kappa shape index (κ3) is 5.66. The van der Waals surface area contributed by atoms with Crippen molar-refractivity contribution < 1.29 is 18.3 Å². The van der Waals surface area contributed by atoms with Gasteiger partial charge in [-0.2, -0.15) is 13.2 Å². The fourth-order valence-corrected chi connectivity index (χ4v) is 1.94. The van der Waals surface area contributed by atoms with Gasteiger partial charge in [-0.05, 0) is 35.6 Å². The first kappa shape index (κ1) is 20.5. The van der Waals surface area contributed by atoms with Gasteiger partial charge in [0.25, 0.3) is 0 Å². The van der Waals surface area contributed by atoms with E-state index in [1.807, 2.05) is 20.8 Å². The number of halogens is 5. The highest BCUT2D eigenvalue weighted by Gasteiger charge is 2.32. The van der Waals surface area contributed by atoms with E-state index in [9.17, 15) is 18.3 Å². The zero-order chi connectivity index (χ0) is 15.7. The van der Waals surface area contributed by atoms with Gasteiger partial charge >= 0.3 is 6.18 Å². The molecule has 0 bridgehead atoms. The summed E-state index contributed by atoms with van der Waals surface area (Å²) < 4.78 is 38.0. The highest BCUT2D eigenvalue weighted by Crippen LogP contribution is 2.35. The molecular formula is C14H20Cl2F3NO. The zero-order valence-electron chi connectivity index (χ0n) is 12.0. The molecule has 122 valence electrons. The first-order valence-electron chi connectivity index (χ1n) is 6.23. The Morgan fingerprint density at radius 2 is 1.76 bits per heavy atom. The molecule has 0 spiro atoms. The average molecular weight is 346 g/mol. The molecule has 2 nitrogen and oxygen atoms in total. The van der Waals surface area contributed by atoms with E-state index in [4.69, 9.17) is 17.3 Å². The van der Waals surface area contributed by atoms with Gasteiger partial charge in [0.15, 0.2) is 0 Å². The maximum absolute atomic E-state index is 12.7. The first-order valence-corrected chi connectivity index (χ1v) is 6.61. The molecule has 0 aromatic heterocycles. The van der Waals surface area contributed by atoms with Gasteiger partial charge in [-0.1, -0.05) is 32.4 Å². The summed E-state index contributed by atoms with van der Waals surface area (Å²) >= 11 is 5.87. The molecule has 1 aromatic carbocycles. The Labute approximate surface area is 133 Å². The summed E-state index contributed by atoms with van der Waals surface area (Å²) in [7, 11) is 0. The number of alkyl halides is 3. The summed E-state index contributed by atoms with van der Waals surface area (Å²) in [6.45, 7) is 5.70. The van der Waals surface area contributed by atoms with Crippen LogP contribution >= 0.6 is 24.0 Å².